The van der Waals surface area contributed by atoms with Crippen LogP contribution in [-0.4, -0.2) is 38.7 Å². The van der Waals surface area contributed by atoms with Crippen molar-refractivity contribution in [2.24, 2.45) is 5.92 Å². The van der Waals surface area contributed by atoms with Gasteiger partial charge in [-0.05, 0) is 25.0 Å². The van der Waals surface area contributed by atoms with E-state index in [1.165, 1.54) is 7.11 Å². The normalized spacial score (nSPS) is 21.8. The van der Waals surface area contributed by atoms with Gasteiger partial charge >= 0.3 is 5.97 Å². The zero-order chi connectivity index (χ0) is 20.7. The molecule has 1 aromatic heterocycles. The molecule has 1 aliphatic rings. The third-order valence-electron chi connectivity index (χ3n) is 5.02. The minimum absolute atomic E-state index is 0.291. The molecule has 2 heterocycles. The van der Waals surface area contributed by atoms with Gasteiger partial charge in [-0.2, -0.15) is 0 Å². The monoisotopic (exact) mass is 403 g/mol. The number of methoxy groups -OCH3 is 1. The van der Waals surface area contributed by atoms with Gasteiger partial charge in [-0.1, -0.05) is 37.6 Å². The lowest BCUT2D eigenvalue weighted by atomic mass is 10.0. The number of hydrogen-bond donors (Lipinski definition) is 1. The Balaban J connectivity index is 1.25. The Morgan fingerprint density at radius 3 is 2.72 bits per heavy atom. The number of fused-ring (bicyclic) bond motifs is 1. The Bertz CT molecular complexity index is 789. The highest BCUT2D eigenvalue weighted by atomic mass is 16.7. The molecule has 29 heavy (non-hydrogen) atoms. The topological polar surface area (TPSA) is 79.2 Å². The van der Waals surface area contributed by atoms with Crippen LogP contribution < -0.4 is 5.48 Å². The van der Waals surface area contributed by atoms with E-state index in [4.69, 9.17) is 23.5 Å². The van der Waals surface area contributed by atoms with Crippen LogP contribution in [-0.2, 0) is 23.8 Å². The summed E-state index contributed by atoms with van der Waals surface area (Å²) in [5.41, 5.74) is 4.28. The maximum absolute atomic E-state index is 11.6. The molecular formula is C22H29NO6. The summed E-state index contributed by atoms with van der Waals surface area (Å²) in [6, 6.07) is 9.76. The lowest BCUT2D eigenvalue weighted by Gasteiger charge is -2.35. The first-order valence-corrected chi connectivity index (χ1v) is 9.94. The van der Waals surface area contributed by atoms with Crippen molar-refractivity contribution >= 4 is 22.6 Å². The van der Waals surface area contributed by atoms with Crippen LogP contribution in [0, 0.1) is 5.92 Å². The molecule has 2 aromatic rings. The van der Waals surface area contributed by atoms with Crippen LogP contribution in [0.25, 0.3) is 16.7 Å². The smallest absolute Gasteiger partial charge is 0.366 e. The van der Waals surface area contributed by atoms with Gasteiger partial charge in [0.2, 0.25) is 0 Å². The van der Waals surface area contributed by atoms with Gasteiger partial charge in [-0.25, -0.2) is 4.79 Å². The summed E-state index contributed by atoms with van der Waals surface area (Å²) in [5, 5.41) is 1.04. The second-order valence-corrected chi connectivity index (χ2v) is 7.35. The van der Waals surface area contributed by atoms with Crippen LogP contribution in [0.5, 0.6) is 0 Å². The van der Waals surface area contributed by atoms with Gasteiger partial charge in [-0.15, -0.1) is 0 Å². The van der Waals surface area contributed by atoms with Gasteiger partial charge in [0.05, 0.1) is 32.6 Å². The first kappa shape index (κ1) is 21.4. The number of unbranched alkanes of at least 4 members (excludes halogenated alkanes) is 2. The fourth-order valence-corrected chi connectivity index (χ4v) is 3.22. The quantitative estimate of drug-likeness (QED) is 0.364. The van der Waals surface area contributed by atoms with E-state index < -0.39 is 11.8 Å². The van der Waals surface area contributed by atoms with Crippen molar-refractivity contribution in [1.29, 1.82) is 0 Å². The maximum atomic E-state index is 11.6. The molecule has 158 valence electrons. The van der Waals surface area contributed by atoms with E-state index in [1.807, 2.05) is 30.3 Å². The summed E-state index contributed by atoms with van der Waals surface area (Å²) >= 11 is 0. The molecule has 0 bridgehead atoms. The van der Waals surface area contributed by atoms with Crippen molar-refractivity contribution < 1.29 is 28.3 Å². The third kappa shape index (κ3) is 5.59. The molecule has 0 aliphatic carbocycles. The summed E-state index contributed by atoms with van der Waals surface area (Å²) in [7, 11) is 1.33. The van der Waals surface area contributed by atoms with Gasteiger partial charge in [0, 0.05) is 18.2 Å². The summed E-state index contributed by atoms with van der Waals surface area (Å²) in [6.07, 6.45) is 3.98. The average Bonchev–Trinajstić information content (AvgIpc) is 3.18. The maximum Gasteiger partial charge on any atom is 0.366 e. The predicted molar refractivity (Wildman–Crippen MR) is 109 cm³/mol. The highest BCUT2D eigenvalue weighted by Crippen LogP contribution is 2.25. The molecule has 0 saturated carbocycles. The molecule has 0 atom stereocenters. The van der Waals surface area contributed by atoms with Crippen molar-refractivity contribution in [3.63, 3.8) is 0 Å². The van der Waals surface area contributed by atoms with E-state index in [-0.39, 0.29) is 0 Å². The second-order valence-electron chi connectivity index (χ2n) is 7.35. The van der Waals surface area contributed by atoms with Crippen LogP contribution in [0.15, 0.2) is 41.3 Å². The van der Waals surface area contributed by atoms with Gasteiger partial charge in [-0.3, -0.25) is 10.3 Å². The van der Waals surface area contributed by atoms with Crippen molar-refractivity contribution in [3.05, 3.63) is 42.7 Å². The van der Waals surface area contributed by atoms with E-state index in [2.05, 4.69) is 12.1 Å². The Morgan fingerprint density at radius 2 is 2.00 bits per heavy atom. The third-order valence-corrected chi connectivity index (χ3v) is 5.02. The molecule has 1 saturated heterocycles. The van der Waals surface area contributed by atoms with E-state index in [0.29, 0.717) is 37.2 Å². The van der Waals surface area contributed by atoms with Crippen LogP contribution in [0.3, 0.4) is 0 Å². The number of esters is 1. The van der Waals surface area contributed by atoms with Gasteiger partial charge in [0.15, 0.2) is 5.76 Å². The lowest BCUT2D eigenvalue weighted by Crippen LogP contribution is -2.48. The molecule has 1 fully saturated rings. The number of rotatable bonds is 10. The van der Waals surface area contributed by atoms with E-state index in [0.717, 1.165) is 36.7 Å². The van der Waals surface area contributed by atoms with E-state index in [9.17, 15) is 4.79 Å². The molecular weight excluding hydrogens is 374 g/mol. The number of carbonyl (C=O) groups excluding carboxylic acids is 1. The lowest BCUT2D eigenvalue weighted by molar-refractivity contribution is -0.272. The average molecular weight is 403 g/mol. The number of para-hydroxylation sites is 1. The number of nitrogens with one attached hydrogen (secondary N) is 1. The Morgan fingerprint density at radius 1 is 1.24 bits per heavy atom. The Kier molecular flexibility index (Phi) is 7.30. The zero-order valence-electron chi connectivity index (χ0n) is 17.1. The molecule has 0 radical (unpaired) electrons. The summed E-state index contributed by atoms with van der Waals surface area (Å²) in [4.78, 5) is 17.1. The summed E-state index contributed by atoms with van der Waals surface area (Å²) < 4.78 is 21.6. The largest absolute Gasteiger partial charge is 0.465 e. The molecule has 3 rings (SSSR count). The molecule has 1 N–H and O–H groups in total. The molecule has 0 unspecified atom stereocenters. The number of carbonyl (C=O) groups is 1. The molecule has 1 aromatic carbocycles. The first-order chi connectivity index (χ1) is 14.0. The first-order valence-electron chi connectivity index (χ1n) is 9.94. The van der Waals surface area contributed by atoms with Crippen molar-refractivity contribution in [2.75, 3.05) is 26.9 Å². The van der Waals surface area contributed by atoms with Gasteiger partial charge in [0.1, 0.15) is 5.58 Å². The number of ether oxygens (including phenoxy) is 3. The highest BCUT2D eigenvalue weighted by Gasteiger charge is 2.41. The summed E-state index contributed by atoms with van der Waals surface area (Å²) in [6.45, 7) is 7.13. The van der Waals surface area contributed by atoms with Gasteiger partial charge in [0.25, 0.3) is 5.79 Å². The molecule has 1 aliphatic heterocycles. The molecule has 0 spiro atoms. The number of furan rings is 1. The van der Waals surface area contributed by atoms with E-state index in [1.54, 1.807) is 6.92 Å². The van der Waals surface area contributed by atoms with Crippen LogP contribution in [0.1, 0.15) is 38.4 Å². The van der Waals surface area contributed by atoms with Gasteiger partial charge < -0.3 is 18.6 Å². The van der Waals surface area contributed by atoms with Crippen molar-refractivity contribution in [2.45, 2.75) is 38.4 Å². The van der Waals surface area contributed by atoms with Crippen molar-refractivity contribution in [1.82, 2.24) is 5.48 Å². The number of hydrogen-bond acceptors (Lipinski definition) is 7. The standard InChI is InChI=1S/C22H29NO6/c1-16(20-13-18-10-6-7-11-19(18)29-20)23-28-12-8-4-5-9-17-14-26-22(2,27-15-17)21(24)25-3/h6-7,10-11,13,17,23H,1,4-5,8-9,12,14-15H2,2-3H3. The highest BCUT2D eigenvalue weighted by molar-refractivity contribution is 5.81. The Hall–Kier alpha value is -2.35. The molecule has 0 amide bonds. The van der Waals surface area contributed by atoms with Crippen LogP contribution in [0.4, 0.5) is 0 Å². The zero-order valence-corrected chi connectivity index (χ0v) is 17.1. The summed E-state index contributed by atoms with van der Waals surface area (Å²) in [5.74, 6) is -0.806. The number of hydroxylamine groups is 1. The second kappa shape index (κ2) is 9.91. The Labute approximate surface area is 170 Å². The predicted octanol–water partition coefficient (Wildman–Crippen LogP) is 4.04. The van der Waals surface area contributed by atoms with E-state index >= 15 is 0 Å². The molecule has 7 nitrogen and oxygen atoms in total. The van der Waals surface area contributed by atoms with Crippen molar-refractivity contribution in [3.8, 4) is 0 Å². The molecule has 7 heteroatoms. The minimum atomic E-state index is -1.27. The fourth-order valence-electron chi connectivity index (χ4n) is 3.22. The van der Waals surface area contributed by atoms with Crippen LogP contribution in [0.2, 0.25) is 0 Å². The van der Waals surface area contributed by atoms with Crippen LogP contribution >= 0.6 is 0 Å². The SMILES string of the molecule is C=C(NOCCCCCC1COC(C)(C(=O)OC)OC1)c1cc2ccccc2o1. The fraction of sp³-hybridized carbons (Fsp3) is 0.500. The minimum Gasteiger partial charge on any atom is -0.465 e. The number of benzene rings is 1.